The van der Waals surface area contributed by atoms with Gasteiger partial charge in [0.2, 0.25) is 0 Å². The van der Waals surface area contributed by atoms with Crippen LogP contribution >= 0.6 is 27.5 Å². The SMILES string of the molecule is CC(Oc1ccc(Cl)cc1Br)C(=O)NCc1ccc(OCc2cccnc2)cc1. The zero-order valence-electron chi connectivity index (χ0n) is 15.8. The summed E-state index contributed by atoms with van der Waals surface area (Å²) >= 11 is 9.30. The molecule has 0 saturated heterocycles. The van der Waals surface area contributed by atoms with E-state index in [4.69, 9.17) is 21.1 Å². The molecule has 0 radical (unpaired) electrons. The van der Waals surface area contributed by atoms with E-state index in [1.54, 1.807) is 37.5 Å². The lowest BCUT2D eigenvalue weighted by molar-refractivity contribution is -0.127. The molecule has 1 atom stereocenters. The van der Waals surface area contributed by atoms with E-state index in [9.17, 15) is 4.79 Å². The zero-order chi connectivity index (χ0) is 20.6. The summed E-state index contributed by atoms with van der Waals surface area (Å²) in [5.41, 5.74) is 1.97. The van der Waals surface area contributed by atoms with Crippen LogP contribution in [-0.2, 0) is 17.9 Å². The fraction of sp³-hybridized carbons (Fsp3) is 0.182. The molecule has 3 rings (SSSR count). The minimum atomic E-state index is -0.644. The highest BCUT2D eigenvalue weighted by Crippen LogP contribution is 2.28. The van der Waals surface area contributed by atoms with Gasteiger partial charge in [0, 0.05) is 29.5 Å². The van der Waals surface area contributed by atoms with Crippen molar-refractivity contribution in [2.24, 2.45) is 0 Å². The van der Waals surface area contributed by atoms with Gasteiger partial charge < -0.3 is 14.8 Å². The lowest BCUT2D eigenvalue weighted by atomic mass is 10.2. The molecule has 0 aliphatic carbocycles. The Bertz CT molecular complexity index is 952. The Kier molecular flexibility index (Phi) is 7.49. The maximum absolute atomic E-state index is 12.3. The molecule has 5 nitrogen and oxygen atoms in total. The second-order valence-corrected chi connectivity index (χ2v) is 7.64. The standard InChI is InChI=1S/C22H20BrClN2O3/c1-15(29-21-9-6-18(24)11-20(21)23)22(27)26-13-16-4-7-19(8-5-16)28-14-17-3-2-10-25-12-17/h2-12,15H,13-14H2,1H3,(H,26,27). The molecule has 1 unspecified atom stereocenters. The van der Waals surface area contributed by atoms with Gasteiger partial charge in [-0.1, -0.05) is 29.8 Å². The Balaban J connectivity index is 1.46. The predicted molar refractivity (Wildman–Crippen MR) is 116 cm³/mol. The Labute approximate surface area is 183 Å². The molecule has 2 aromatic carbocycles. The van der Waals surface area contributed by atoms with E-state index in [-0.39, 0.29) is 5.91 Å². The highest BCUT2D eigenvalue weighted by atomic mass is 79.9. The topological polar surface area (TPSA) is 60.5 Å². The second-order valence-electron chi connectivity index (χ2n) is 6.35. The van der Waals surface area contributed by atoms with Gasteiger partial charge in [-0.3, -0.25) is 9.78 Å². The van der Waals surface area contributed by atoms with Crippen molar-refractivity contribution in [2.75, 3.05) is 0 Å². The smallest absolute Gasteiger partial charge is 0.261 e. The first-order valence-corrected chi connectivity index (χ1v) is 10.2. The van der Waals surface area contributed by atoms with Gasteiger partial charge in [-0.15, -0.1) is 0 Å². The normalized spacial score (nSPS) is 11.6. The summed E-state index contributed by atoms with van der Waals surface area (Å²) < 4.78 is 12.1. The molecule has 0 aliphatic rings. The molecular weight excluding hydrogens is 456 g/mol. The van der Waals surface area contributed by atoms with Crippen LogP contribution in [0.2, 0.25) is 5.02 Å². The Morgan fingerprint density at radius 1 is 1.17 bits per heavy atom. The van der Waals surface area contributed by atoms with Crippen molar-refractivity contribution in [1.82, 2.24) is 10.3 Å². The molecule has 29 heavy (non-hydrogen) atoms. The maximum atomic E-state index is 12.3. The van der Waals surface area contributed by atoms with Crippen LogP contribution in [0, 0.1) is 0 Å². The quantitative estimate of drug-likeness (QED) is 0.489. The number of carbonyl (C=O) groups excluding carboxylic acids is 1. The van der Waals surface area contributed by atoms with Gasteiger partial charge in [0.05, 0.1) is 4.47 Å². The first-order chi connectivity index (χ1) is 14.0. The Hall–Kier alpha value is -2.57. The number of nitrogens with zero attached hydrogens (tertiary/aromatic N) is 1. The summed E-state index contributed by atoms with van der Waals surface area (Å²) in [6, 6.07) is 16.6. The molecule has 1 aromatic heterocycles. The van der Waals surface area contributed by atoms with Gasteiger partial charge in [-0.05, 0) is 64.8 Å². The predicted octanol–water partition coefficient (Wildman–Crippen LogP) is 5.16. The largest absolute Gasteiger partial charge is 0.489 e. The first kappa shape index (κ1) is 21.1. The molecule has 150 valence electrons. The summed E-state index contributed by atoms with van der Waals surface area (Å²) in [7, 11) is 0. The Morgan fingerprint density at radius 3 is 2.66 bits per heavy atom. The molecule has 1 amide bonds. The van der Waals surface area contributed by atoms with E-state index < -0.39 is 6.10 Å². The minimum Gasteiger partial charge on any atom is -0.489 e. The van der Waals surface area contributed by atoms with Gasteiger partial charge in [0.1, 0.15) is 18.1 Å². The number of hydrogen-bond donors (Lipinski definition) is 1. The Morgan fingerprint density at radius 2 is 1.97 bits per heavy atom. The third kappa shape index (κ3) is 6.48. The van der Waals surface area contributed by atoms with Gasteiger partial charge in [0.15, 0.2) is 6.10 Å². The molecule has 3 aromatic rings. The van der Waals surface area contributed by atoms with Crippen molar-refractivity contribution in [3.05, 3.63) is 87.6 Å². The number of amides is 1. The summed E-state index contributed by atoms with van der Waals surface area (Å²) in [6.45, 7) is 2.56. The van der Waals surface area contributed by atoms with Crippen molar-refractivity contribution >= 4 is 33.4 Å². The summed E-state index contributed by atoms with van der Waals surface area (Å²) in [4.78, 5) is 16.4. The molecule has 0 bridgehead atoms. The van der Waals surface area contributed by atoms with Crippen molar-refractivity contribution < 1.29 is 14.3 Å². The van der Waals surface area contributed by atoms with E-state index in [0.29, 0.717) is 28.4 Å². The van der Waals surface area contributed by atoms with Crippen molar-refractivity contribution in [3.8, 4) is 11.5 Å². The fourth-order valence-corrected chi connectivity index (χ4v) is 3.28. The van der Waals surface area contributed by atoms with E-state index >= 15 is 0 Å². The van der Waals surface area contributed by atoms with Crippen LogP contribution in [0.15, 0.2) is 71.5 Å². The van der Waals surface area contributed by atoms with Gasteiger partial charge in [-0.2, -0.15) is 0 Å². The van der Waals surface area contributed by atoms with E-state index in [1.165, 1.54) is 0 Å². The fourth-order valence-electron chi connectivity index (χ4n) is 2.50. The number of carbonyl (C=O) groups is 1. The molecule has 0 fully saturated rings. The summed E-state index contributed by atoms with van der Waals surface area (Å²) in [6.07, 6.45) is 2.86. The number of benzene rings is 2. The van der Waals surface area contributed by atoms with Crippen LogP contribution in [-0.4, -0.2) is 17.0 Å². The number of hydrogen-bond acceptors (Lipinski definition) is 4. The molecule has 1 N–H and O–H groups in total. The van der Waals surface area contributed by atoms with Gasteiger partial charge in [-0.25, -0.2) is 0 Å². The third-order valence-corrected chi connectivity index (χ3v) is 4.94. The van der Waals surface area contributed by atoms with Crippen LogP contribution < -0.4 is 14.8 Å². The summed E-state index contributed by atoms with van der Waals surface area (Å²) in [5.74, 6) is 1.11. The first-order valence-electron chi connectivity index (χ1n) is 9.01. The maximum Gasteiger partial charge on any atom is 0.261 e. The minimum absolute atomic E-state index is 0.205. The number of halogens is 2. The molecule has 1 heterocycles. The van der Waals surface area contributed by atoms with E-state index in [2.05, 4.69) is 26.2 Å². The molecule has 0 aliphatic heterocycles. The number of aromatic nitrogens is 1. The van der Waals surface area contributed by atoms with Gasteiger partial charge in [0.25, 0.3) is 5.91 Å². The van der Waals surface area contributed by atoms with Crippen LogP contribution in [0.25, 0.3) is 0 Å². The number of ether oxygens (including phenoxy) is 2. The average molecular weight is 476 g/mol. The van der Waals surface area contributed by atoms with E-state index in [1.807, 2.05) is 36.4 Å². The number of rotatable bonds is 8. The van der Waals surface area contributed by atoms with Crippen LogP contribution in [0.4, 0.5) is 0 Å². The highest BCUT2D eigenvalue weighted by molar-refractivity contribution is 9.10. The molecule has 0 spiro atoms. The second kappa shape index (κ2) is 10.3. The number of nitrogens with one attached hydrogen (secondary N) is 1. The van der Waals surface area contributed by atoms with Crippen LogP contribution in [0.3, 0.4) is 0 Å². The average Bonchev–Trinajstić information content (AvgIpc) is 2.74. The van der Waals surface area contributed by atoms with Crippen molar-refractivity contribution in [1.29, 1.82) is 0 Å². The molecule has 0 saturated carbocycles. The summed E-state index contributed by atoms with van der Waals surface area (Å²) in [5, 5.41) is 3.46. The highest BCUT2D eigenvalue weighted by Gasteiger charge is 2.16. The van der Waals surface area contributed by atoms with Crippen molar-refractivity contribution in [3.63, 3.8) is 0 Å². The van der Waals surface area contributed by atoms with E-state index in [0.717, 1.165) is 16.9 Å². The molecule has 7 heteroatoms. The molecular formula is C22H20BrClN2O3. The monoisotopic (exact) mass is 474 g/mol. The van der Waals surface area contributed by atoms with Crippen LogP contribution in [0.1, 0.15) is 18.1 Å². The van der Waals surface area contributed by atoms with Crippen LogP contribution in [0.5, 0.6) is 11.5 Å². The van der Waals surface area contributed by atoms with Gasteiger partial charge >= 0.3 is 0 Å². The van der Waals surface area contributed by atoms with Crippen molar-refractivity contribution in [2.45, 2.75) is 26.2 Å². The zero-order valence-corrected chi connectivity index (χ0v) is 18.1. The lowest BCUT2D eigenvalue weighted by Crippen LogP contribution is -2.35. The third-order valence-electron chi connectivity index (χ3n) is 4.09. The lowest BCUT2D eigenvalue weighted by Gasteiger charge is -2.16. The number of pyridine rings is 1.